The number of hydrogen-bond donors (Lipinski definition) is 2. The molecule has 2 rings (SSSR count). The highest BCUT2D eigenvalue weighted by molar-refractivity contribution is 6.07. The van der Waals surface area contributed by atoms with Gasteiger partial charge in [0.1, 0.15) is 0 Å². The van der Waals surface area contributed by atoms with Crippen molar-refractivity contribution in [3.63, 3.8) is 0 Å². The zero-order valence-corrected chi connectivity index (χ0v) is 16.9. The van der Waals surface area contributed by atoms with E-state index >= 15 is 0 Å². The van der Waals surface area contributed by atoms with E-state index in [0.29, 0.717) is 17.7 Å². The van der Waals surface area contributed by atoms with Crippen LogP contribution in [0.15, 0.2) is 54.6 Å². The number of nitrogens with zero attached hydrogens (tertiary/aromatic N) is 1. The summed E-state index contributed by atoms with van der Waals surface area (Å²) in [5.74, 6) is -0.377. The molecular weight excluding hydrogens is 362 g/mol. The summed E-state index contributed by atoms with van der Waals surface area (Å²) in [6, 6.07) is 16.2. The first-order chi connectivity index (χ1) is 12.5. The molecule has 0 heterocycles. The smallest absolute Gasteiger partial charge is 0.258 e. The summed E-state index contributed by atoms with van der Waals surface area (Å²) in [5, 5.41) is 3.03. The van der Waals surface area contributed by atoms with Gasteiger partial charge in [0.2, 0.25) is 0 Å². The highest BCUT2D eigenvalue weighted by Crippen LogP contribution is 2.17. The maximum atomic E-state index is 12.7. The molecule has 0 fully saturated rings. The number of carbonyl (C=O) groups excluding carboxylic acids is 2. The number of nitrogens with two attached hydrogens (primary N) is 1. The molecule has 0 saturated carbocycles. The first-order valence-electron chi connectivity index (χ1n) is 8.92. The van der Waals surface area contributed by atoms with Crippen molar-refractivity contribution in [1.29, 1.82) is 0 Å². The van der Waals surface area contributed by atoms with E-state index in [9.17, 15) is 9.59 Å². The average Bonchev–Trinajstić information content (AvgIpc) is 2.71. The third kappa shape index (κ3) is 5.31. The Balaban J connectivity index is 0.00000364. The summed E-state index contributed by atoms with van der Waals surface area (Å²) in [6.45, 7) is 4.39. The summed E-state index contributed by atoms with van der Waals surface area (Å²) >= 11 is 0. The SMILES string of the molecule is CCC(CC)(CN)NC(=O)c1cccc(C(=O)N(C)c2ccccc2)c1.Cl. The van der Waals surface area contributed by atoms with Gasteiger partial charge in [-0.1, -0.05) is 38.1 Å². The van der Waals surface area contributed by atoms with Crippen LogP contribution in [-0.2, 0) is 0 Å². The zero-order valence-electron chi connectivity index (χ0n) is 16.1. The van der Waals surface area contributed by atoms with Crippen LogP contribution < -0.4 is 16.0 Å². The van der Waals surface area contributed by atoms with Gasteiger partial charge in [0.15, 0.2) is 0 Å². The molecule has 0 unspecified atom stereocenters. The Hall–Kier alpha value is -2.37. The molecule has 27 heavy (non-hydrogen) atoms. The molecule has 2 amide bonds. The lowest BCUT2D eigenvalue weighted by Gasteiger charge is -2.31. The second-order valence-electron chi connectivity index (χ2n) is 6.43. The number of para-hydroxylation sites is 1. The minimum atomic E-state index is -0.419. The van der Waals surface area contributed by atoms with Crippen LogP contribution in [0.2, 0.25) is 0 Å². The minimum absolute atomic E-state index is 0. The molecule has 0 radical (unpaired) electrons. The van der Waals surface area contributed by atoms with Crippen molar-refractivity contribution in [1.82, 2.24) is 5.32 Å². The zero-order chi connectivity index (χ0) is 19.2. The summed E-state index contributed by atoms with van der Waals surface area (Å²) in [5.41, 5.74) is 7.16. The molecule has 2 aromatic rings. The monoisotopic (exact) mass is 389 g/mol. The lowest BCUT2D eigenvalue weighted by Crippen LogP contribution is -2.52. The van der Waals surface area contributed by atoms with Crippen molar-refractivity contribution in [2.75, 3.05) is 18.5 Å². The number of halogens is 1. The predicted octanol–water partition coefficient (Wildman–Crippen LogP) is 3.63. The standard InChI is InChI=1S/C21H27N3O2.ClH/c1-4-21(5-2,15-22)23-19(25)16-10-9-11-17(14-16)20(26)24(3)18-12-7-6-8-13-18;/h6-14H,4-5,15,22H2,1-3H3,(H,23,25);1H. The Morgan fingerprint density at radius 3 is 2.15 bits per heavy atom. The van der Waals surface area contributed by atoms with Gasteiger partial charge in [-0.25, -0.2) is 0 Å². The number of benzene rings is 2. The largest absolute Gasteiger partial charge is 0.345 e. The third-order valence-electron chi connectivity index (χ3n) is 4.94. The summed E-state index contributed by atoms with van der Waals surface area (Å²) in [7, 11) is 1.72. The molecule has 3 N–H and O–H groups in total. The Kier molecular flexibility index (Phi) is 8.47. The van der Waals surface area contributed by atoms with Gasteiger partial charge in [-0.05, 0) is 43.2 Å². The van der Waals surface area contributed by atoms with Gasteiger partial charge in [-0.3, -0.25) is 9.59 Å². The molecule has 0 spiro atoms. The van der Waals surface area contributed by atoms with Crippen molar-refractivity contribution in [2.45, 2.75) is 32.2 Å². The molecule has 0 saturated heterocycles. The van der Waals surface area contributed by atoms with Crippen LogP contribution in [0.25, 0.3) is 0 Å². The highest BCUT2D eigenvalue weighted by atomic mass is 35.5. The third-order valence-corrected chi connectivity index (χ3v) is 4.94. The normalized spacial score (nSPS) is 10.7. The summed E-state index contributed by atoms with van der Waals surface area (Å²) < 4.78 is 0. The van der Waals surface area contributed by atoms with Crippen LogP contribution in [-0.4, -0.2) is 30.9 Å². The number of amides is 2. The maximum Gasteiger partial charge on any atom is 0.258 e. The van der Waals surface area contributed by atoms with E-state index in [1.807, 2.05) is 44.2 Å². The van der Waals surface area contributed by atoms with Gasteiger partial charge in [0.25, 0.3) is 11.8 Å². The molecular formula is C21H28ClN3O2. The molecule has 0 bridgehead atoms. The van der Waals surface area contributed by atoms with Crippen molar-refractivity contribution >= 4 is 29.9 Å². The number of nitrogens with one attached hydrogen (secondary N) is 1. The first kappa shape index (κ1) is 22.7. The van der Waals surface area contributed by atoms with Gasteiger partial charge < -0.3 is 16.0 Å². The number of anilines is 1. The molecule has 0 atom stereocenters. The maximum absolute atomic E-state index is 12.7. The van der Waals surface area contributed by atoms with Crippen molar-refractivity contribution < 1.29 is 9.59 Å². The number of rotatable bonds is 7. The second-order valence-corrected chi connectivity index (χ2v) is 6.43. The van der Waals surface area contributed by atoms with Crippen LogP contribution in [0.1, 0.15) is 47.4 Å². The van der Waals surface area contributed by atoms with Crippen molar-refractivity contribution in [3.05, 3.63) is 65.7 Å². The van der Waals surface area contributed by atoms with Gasteiger partial charge in [0.05, 0.1) is 5.54 Å². The Morgan fingerprint density at radius 1 is 1.00 bits per heavy atom. The Labute approximate surface area is 167 Å². The van der Waals surface area contributed by atoms with Crippen molar-refractivity contribution in [2.24, 2.45) is 5.73 Å². The minimum Gasteiger partial charge on any atom is -0.345 e. The molecule has 5 nitrogen and oxygen atoms in total. The number of hydrogen-bond acceptors (Lipinski definition) is 3. The van der Waals surface area contributed by atoms with Gasteiger partial charge >= 0.3 is 0 Å². The van der Waals surface area contributed by atoms with E-state index in [1.54, 1.807) is 36.2 Å². The molecule has 0 aliphatic rings. The molecule has 0 aliphatic heterocycles. The van der Waals surface area contributed by atoms with Crippen LogP contribution in [0.5, 0.6) is 0 Å². The summed E-state index contributed by atoms with van der Waals surface area (Å²) in [4.78, 5) is 27.0. The topological polar surface area (TPSA) is 75.4 Å². The average molecular weight is 390 g/mol. The fourth-order valence-electron chi connectivity index (χ4n) is 2.84. The fourth-order valence-corrected chi connectivity index (χ4v) is 2.84. The molecule has 0 aliphatic carbocycles. The lowest BCUT2D eigenvalue weighted by molar-refractivity contribution is 0.0895. The second kappa shape index (κ2) is 10.1. The highest BCUT2D eigenvalue weighted by Gasteiger charge is 2.27. The van der Waals surface area contributed by atoms with Crippen LogP contribution in [0.4, 0.5) is 5.69 Å². The van der Waals surface area contributed by atoms with E-state index in [-0.39, 0.29) is 24.2 Å². The van der Waals surface area contributed by atoms with E-state index in [2.05, 4.69) is 5.32 Å². The lowest BCUT2D eigenvalue weighted by atomic mass is 9.92. The van der Waals surface area contributed by atoms with E-state index < -0.39 is 5.54 Å². The van der Waals surface area contributed by atoms with Crippen LogP contribution in [0, 0.1) is 0 Å². The Bertz CT molecular complexity index is 753. The Morgan fingerprint density at radius 2 is 1.59 bits per heavy atom. The van der Waals surface area contributed by atoms with E-state index in [4.69, 9.17) is 5.73 Å². The molecule has 6 heteroatoms. The first-order valence-corrected chi connectivity index (χ1v) is 8.92. The molecule has 0 aromatic heterocycles. The van der Waals surface area contributed by atoms with Crippen molar-refractivity contribution in [3.8, 4) is 0 Å². The van der Waals surface area contributed by atoms with Crippen LogP contribution >= 0.6 is 12.4 Å². The van der Waals surface area contributed by atoms with Gasteiger partial charge in [0, 0.05) is 30.4 Å². The van der Waals surface area contributed by atoms with Gasteiger partial charge in [-0.2, -0.15) is 0 Å². The van der Waals surface area contributed by atoms with E-state index in [0.717, 1.165) is 18.5 Å². The quantitative estimate of drug-likeness (QED) is 0.759. The van der Waals surface area contributed by atoms with E-state index in [1.165, 1.54) is 0 Å². The predicted molar refractivity (Wildman–Crippen MR) is 113 cm³/mol. The van der Waals surface area contributed by atoms with Gasteiger partial charge in [-0.15, -0.1) is 12.4 Å². The summed E-state index contributed by atoms with van der Waals surface area (Å²) in [6.07, 6.45) is 1.50. The molecule has 146 valence electrons. The van der Waals surface area contributed by atoms with Crippen LogP contribution in [0.3, 0.4) is 0 Å². The molecule has 2 aromatic carbocycles. The number of carbonyl (C=O) groups is 2. The fraction of sp³-hybridized carbons (Fsp3) is 0.333.